The van der Waals surface area contributed by atoms with Crippen LogP contribution in [-0.2, 0) is 6.42 Å². The number of para-hydroxylation sites is 1. The van der Waals surface area contributed by atoms with Crippen LogP contribution < -0.4 is 4.90 Å². The molecule has 3 heteroatoms. The smallest absolute Gasteiger partial charge is 0.0555 e. The molecular formula is C22H30N2S. The maximum atomic E-state index is 2.55. The Labute approximate surface area is 157 Å². The van der Waals surface area contributed by atoms with Crippen LogP contribution >= 0.6 is 11.8 Å². The summed E-state index contributed by atoms with van der Waals surface area (Å²) in [6, 6.07) is 15.9. The topological polar surface area (TPSA) is 6.48 Å². The number of benzene rings is 2. The fraction of sp³-hybridized carbons (Fsp3) is 0.455. The van der Waals surface area contributed by atoms with Crippen LogP contribution in [0, 0.1) is 0 Å². The number of rotatable bonds is 8. The summed E-state index contributed by atoms with van der Waals surface area (Å²) in [7, 11) is 0. The summed E-state index contributed by atoms with van der Waals surface area (Å²) in [6.07, 6.45) is 3.55. The molecule has 3 rings (SSSR count). The van der Waals surface area contributed by atoms with E-state index >= 15 is 0 Å². The molecule has 0 unspecified atom stereocenters. The van der Waals surface area contributed by atoms with E-state index in [0.29, 0.717) is 0 Å². The Morgan fingerprint density at radius 3 is 2.44 bits per heavy atom. The lowest BCUT2D eigenvalue weighted by molar-refractivity contribution is 0.301. The van der Waals surface area contributed by atoms with Crippen molar-refractivity contribution < 1.29 is 0 Å². The Morgan fingerprint density at radius 1 is 0.920 bits per heavy atom. The SMILES string of the molecule is CCCc1ccc2c(c1)N(CCCN(CC)CC)c1ccccc1S2. The van der Waals surface area contributed by atoms with Crippen molar-refractivity contribution in [2.75, 3.05) is 31.1 Å². The molecule has 0 saturated carbocycles. The predicted octanol–water partition coefficient (Wildman–Crippen LogP) is 5.97. The average molecular weight is 355 g/mol. The summed E-state index contributed by atoms with van der Waals surface area (Å²) in [4.78, 5) is 7.82. The normalized spacial score (nSPS) is 13.0. The first-order chi connectivity index (χ1) is 12.3. The van der Waals surface area contributed by atoms with Gasteiger partial charge in [0.25, 0.3) is 0 Å². The standard InChI is InChI=1S/C22H30N2S/c1-4-10-18-13-14-22-20(17-18)24(16-9-15-23(5-2)6-3)19-11-7-8-12-21(19)25-22/h7-8,11-14,17H,4-6,9-10,15-16H2,1-3H3. The third-order valence-electron chi connectivity index (χ3n) is 4.98. The van der Waals surface area contributed by atoms with Crippen molar-refractivity contribution >= 4 is 23.1 Å². The molecule has 0 radical (unpaired) electrons. The summed E-state index contributed by atoms with van der Waals surface area (Å²) in [5, 5.41) is 0. The van der Waals surface area contributed by atoms with Gasteiger partial charge in [-0.05, 0) is 62.3 Å². The third kappa shape index (κ3) is 4.21. The lowest BCUT2D eigenvalue weighted by atomic mass is 10.1. The molecule has 0 bridgehead atoms. The molecule has 0 aromatic heterocycles. The summed E-state index contributed by atoms with van der Waals surface area (Å²) >= 11 is 1.91. The highest BCUT2D eigenvalue weighted by Gasteiger charge is 2.23. The Balaban J connectivity index is 1.86. The van der Waals surface area contributed by atoms with Crippen molar-refractivity contribution in [1.29, 1.82) is 0 Å². The highest BCUT2D eigenvalue weighted by molar-refractivity contribution is 7.99. The molecular weight excluding hydrogens is 324 g/mol. The molecule has 0 amide bonds. The molecule has 0 N–H and O–H groups in total. The molecule has 0 aliphatic carbocycles. The van der Waals surface area contributed by atoms with E-state index in [1.54, 1.807) is 0 Å². The molecule has 0 fully saturated rings. The van der Waals surface area contributed by atoms with E-state index < -0.39 is 0 Å². The molecule has 2 nitrogen and oxygen atoms in total. The van der Waals surface area contributed by atoms with Crippen molar-refractivity contribution in [1.82, 2.24) is 4.90 Å². The van der Waals surface area contributed by atoms with E-state index in [2.05, 4.69) is 73.0 Å². The zero-order valence-electron chi connectivity index (χ0n) is 15.8. The van der Waals surface area contributed by atoms with Gasteiger partial charge >= 0.3 is 0 Å². The largest absolute Gasteiger partial charge is 0.340 e. The minimum Gasteiger partial charge on any atom is -0.340 e. The third-order valence-corrected chi connectivity index (χ3v) is 6.11. The Kier molecular flexibility index (Phi) is 6.44. The van der Waals surface area contributed by atoms with Gasteiger partial charge in [0, 0.05) is 16.3 Å². The summed E-state index contributed by atoms with van der Waals surface area (Å²) in [5.41, 5.74) is 4.22. The number of nitrogens with zero attached hydrogens (tertiary/aromatic N) is 2. The van der Waals surface area contributed by atoms with Crippen molar-refractivity contribution in [2.24, 2.45) is 0 Å². The van der Waals surface area contributed by atoms with E-state index in [-0.39, 0.29) is 0 Å². The van der Waals surface area contributed by atoms with Crippen LogP contribution in [0.3, 0.4) is 0 Å². The van der Waals surface area contributed by atoms with Crippen LogP contribution in [0.5, 0.6) is 0 Å². The van der Waals surface area contributed by atoms with Gasteiger partial charge in [0.2, 0.25) is 0 Å². The van der Waals surface area contributed by atoms with E-state index in [4.69, 9.17) is 0 Å². The predicted molar refractivity (Wildman–Crippen MR) is 110 cm³/mol. The first-order valence-corrected chi connectivity index (χ1v) is 10.5. The quantitative estimate of drug-likeness (QED) is 0.576. The number of hydrogen-bond donors (Lipinski definition) is 0. The van der Waals surface area contributed by atoms with E-state index in [9.17, 15) is 0 Å². The second-order valence-electron chi connectivity index (χ2n) is 6.65. The van der Waals surface area contributed by atoms with Crippen molar-refractivity contribution in [3.05, 3.63) is 48.0 Å². The van der Waals surface area contributed by atoms with Crippen LogP contribution in [-0.4, -0.2) is 31.1 Å². The van der Waals surface area contributed by atoms with Crippen LogP contribution in [0.4, 0.5) is 11.4 Å². The van der Waals surface area contributed by atoms with Crippen LogP contribution in [0.2, 0.25) is 0 Å². The average Bonchev–Trinajstić information content (AvgIpc) is 2.65. The number of hydrogen-bond acceptors (Lipinski definition) is 3. The molecule has 2 aromatic rings. The molecule has 134 valence electrons. The lowest BCUT2D eigenvalue weighted by Gasteiger charge is -2.33. The second-order valence-corrected chi connectivity index (χ2v) is 7.74. The summed E-state index contributed by atoms with van der Waals surface area (Å²) in [6.45, 7) is 11.3. The Bertz CT molecular complexity index is 694. The molecule has 1 aliphatic rings. The van der Waals surface area contributed by atoms with Gasteiger partial charge in [0.05, 0.1) is 11.4 Å². The first kappa shape index (κ1) is 18.3. The number of anilines is 2. The van der Waals surface area contributed by atoms with Crippen molar-refractivity contribution in [3.8, 4) is 0 Å². The second kappa shape index (κ2) is 8.77. The zero-order valence-corrected chi connectivity index (χ0v) is 16.6. The molecule has 0 spiro atoms. The van der Waals surface area contributed by atoms with Crippen LogP contribution in [0.1, 0.15) is 39.2 Å². The molecule has 0 atom stereocenters. The van der Waals surface area contributed by atoms with E-state index in [1.165, 1.54) is 46.1 Å². The minimum atomic E-state index is 1.08. The van der Waals surface area contributed by atoms with Crippen molar-refractivity contribution in [2.45, 2.75) is 49.8 Å². The molecule has 2 aromatic carbocycles. The fourth-order valence-corrected chi connectivity index (χ4v) is 4.63. The monoisotopic (exact) mass is 354 g/mol. The molecule has 25 heavy (non-hydrogen) atoms. The minimum absolute atomic E-state index is 1.08. The van der Waals surface area contributed by atoms with E-state index in [1.807, 2.05) is 11.8 Å². The van der Waals surface area contributed by atoms with Gasteiger partial charge in [-0.3, -0.25) is 0 Å². The fourth-order valence-electron chi connectivity index (χ4n) is 3.55. The number of aryl methyl sites for hydroxylation is 1. The van der Waals surface area contributed by atoms with Gasteiger partial charge in [0.15, 0.2) is 0 Å². The summed E-state index contributed by atoms with van der Waals surface area (Å²) < 4.78 is 0. The van der Waals surface area contributed by atoms with Gasteiger partial charge in [-0.1, -0.05) is 57.2 Å². The van der Waals surface area contributed by atoms with Gasteiger partial charge < -0.3 is 9.80 Å². The summed E-state index contributed by atoms with van der Waals surface area (Å²) in [5.74, 6) is 0. The van der Waals surface area contributed by atoms with Crippen molar-refractivity contribution in [3.63, 3.8) is 0 Å². The van der Waals surface area contributed by atoms with Gasteiger partial charge in [-0.25, -0.2) is 0 Å². The van der Waals surface area contributed by atoms with Gasteiger partial charge in [-0.2, -0.15) is 0 Å². The molecule has 1 heterocycles. The van der Waals surface area contributed by atoms with Gasteiger partial charge in [0.1, 0.15) is 0 Å². The van der Waals surface area contributed by atoms with Gasteiger partial charge in [-0.15, -0.1) is 0 Å². The highest BCUT2D eigenvalue weighted by atomic mass is 32.2. The highest BCUT2D eigenvalue weighted by Crippen LogP contribution is 2.48. The van der Waals surface area contributed by atoms with Crippen LogP contribution in [0.15, 0.2) is 52.3 Å². The number of fused-ring (bicyclic) bond motifs is 2. The van der Waals surface area contributed by atoms with Crippen LogP contribution in [0.25, 0.3) is 0 Å². The maximum Gasteiger partial charge on any atom is 0.0555 e. The lowest BCUT2D eigenvalue weighted by Crippen LogP contribution is -2.29. The van der Waals surface area contributed by atoms with E-state index in [0.717, 1.165) is 26.1 Å². The Hall–Kier alpha value is -1.45. The molecule has 1 aliphatic heterocycles. The first-order valence-electron chi connectivity index (χ1n) is 9.66. The zero-order chi connectivity index (χ0) is 17.6. The molecule has 0 saturated heterocycles. The maximum absolute atomic E-state index is 2.55. The Morgan fingerprint density at radius 2 is 1.68 bits per heavy atom.